The van der Waals surface area contributed by atoms with Crippen LogP contribution in [-0.2, 0) is 4.79 Å². The minimum Gasteiger partial charge on any atom is -0.481 e. The third-order valence-electron chi connectivity index (χ3n) is 4.23. The van der Waals surface area contributed by atoms with Crippen LogP contribution in [0, 0.1) is 0 Å². The summed E-state index contributed by atoms with van der Waals surface area (Å²) in [5, 5.41) is 2.28. The molecule has 2 N–H and O–H groups in total. The van der Waals surface area contributed by atoms with Gasteiger partial charge in [0, 0.05) is 19.1 Å². The smallest absolute Gasteiger partial charge is 0.263 e. The van der Waals surface area contributed by atoms with Crippen molar-refractivity contribution >= 4 is 16.7 Å². The molecule has 2 aromatic rings. The van der Waals surface area contributed by atoms with Gasteiger partial charge in [0.2, 0.25) is 0 Å². The number of carbonyl (C=O) groups excluding carboxylic acids is 1. The van der Waals surface area contributed by atoms with E-state index in [0.717, 1.165) is 37.1 Å². The Morgan fingerprint density at radius 2 is 1.86 bits per heavy atom. The second kappa shape index (κ2) is 6.36. The average molecular weight is 298 g/mol. The van der Waals surface area contributed by atoms with E-state index >= 15 is 0 Å². The molecule has 4 heteroatoms. The highest BCUT2D eigenvalue weighted by Crippen LogP contribution is 2.22. The molecule has 116 valence electrons. The van der Waals surface area contributed by atoms with Crippen LogP contribution < -0.4 is 10.5 Å². The molecule has 3 rings (SSSR count). The summed E-state index contributed by atoms with van der Waals surface area (Å²) in [5.41, 5.74) is 5.88. The standard InChI is InChI=1S/C18H22N2O2/c1-13(18(21)20-10-8-16(19)9-11-20)22-17-7-6-14-4-2-3-5-15(14)12-17/h2-7,12-13,16H,8-11,19H2,1H3. The Morgan fingerprint density at radius 3 is 2.59 bits per heavy atom. The first kappa shape index (κ1) is 14.9. The van der Waals surface area contributed by atoms with Gasteiger partial charge in [-0.15, -0.1) is 0 Å². The zero-order valence-corrected chi connectivity index (χ0v) is 12.9. The lowest BCUT2D eigenvalue weighted by molar-refractivity contribution is -0.139. The Labute approximate surface area is 130 Å². The number of amides is 1. The van der Waals surface area contributed by atoms with E-state index in [4.69, 9.17) is 10.5 Å². The zero-order chi connectivity index (χ0) is 15.5. The molecule has 1 amide bonds. The number of nitrogens with two attached hydrogens (primary N) is 1. The monoisotopic (exact) mass is 298 g/mol. The fourth-order valence-electron chi connectivity index (χ4n) is 2.87. The van der Waals surface area contributed by atoms with Crippen molar-refractivity contribution in [2.45, 2.75) is 31.9 Å². The van der Waals surface area contributed by atoms with E-state index < -0.39 is 6.10 Å². The van der Waals surface area contributed by atoms with Crippen LogP contribution in [0.2, 0.25) is 0 Å². The molecule has 0 spiro atoms. The molecule has 22 heavy (non-hydrogen) atoms. The third-order valence-corrected chi connectivity index (χ3v) is 4.23. The van der Waals surface area contributed by atoms with Crippen LogP contribution in [0.15, 0.2) is 42.5 Å². The van der Waals surface area contributed by atoms with Gasteiger partial charge >= 0.3 is 0 Å². The van der Waals surface area contributed by atoms with Crippen molar-refractivity contribution in [3.8, 4) is 5.75 Å². The zero-order valence-electron chi connectivity index (χ0n) is 12.9. The van der Waals surface area contributed by atoms with Gasteiger partial charge in [-0.1, -0.05) is 30.3 Å². The molecule has 1 fully saturated rings. The van der Waals surface area contributed by atoms with Gasteiger partial charge in [0.15, 0.2) is 6.10 Å². The van der Waals surface area contributed by atoms with Crippen molar-refractivity contribution < 1.29 is 9.53 Å². The predicted octanol–water partition coefficient (Wildman–Crippen LogP) is 2.56. The van der Waals surface area contributed by atoms with Gasteiger partial charge in [-0.2, -0.15) is 0 Å². The summed E-state index contributed by atoms with van der Waals surface area (Å²) >= 11 is 0. The summed E-state index contributed by atoms with van der Waals surface area (Å²) in [6.07, 6.45) is 1.26. The number of fused-ring (bicyclic) bond motifs is 1. The summed E-state index contributed by atoms with van der Waals surface area (Å²) in [6, 6.07) is 14.2. The van der Waals surface area contributed by atoms with E-state index in [1.165, 1.54) is 5.39 Å². The Balaban J connectivity index is 1.67. The summed E-state index contributed by atoms with van der Waals surface area (Å²) in [4.78, 5) is 14.3. The Kier molecular flexibility index (Phi) is 4.29. The molecule has 1 heterocycles. The van der Waals surface area contributed by atoms with Gasteiger partial charge < -0.3 is 15.4 Å². The number of rotatable bonds is 3. The lowest BCUT2D eigenvalue weighted by atomic mass is 10.1. The van der Waals surface area contributed by atoms with Crippen molar-refractivity contribution in [1.82, 2.24) is 4.90 Å². The highest BCUT2D eigenvalue weighted by atomic mass is 16.5. The second-order valence-corrected chi connectivity index (χ2v) is 5.93. The molecular weight excluding hydrogens is 276 g/mol. The van der Waals surface area contributed by atoms with E-state index in [9.17, 15) is 4.79 Å². The molecule has 0 aliphatic carbocycles. The molecule has 1 unspecified atom stereocenters. The molecule has 1 aliphatic heterocycles. The van der Waals surface area contributed by atoms with E-state index in [1.54, 1.807) is 0 Å². The summed E-state index contributed by atoms with van der Waals surface area (Å²) in [5.74, 6) is 0.772. The maximum absolute atomic E-state index is 12.4. The average Bonchev–Trinajstić information content (AvgIpc) is 2.55. The van der Waals surface area contributed by atoms with Crippen LogP contribution in [-0.4, -0.2) is 36.0 Å². The van der Waals surface area contributed by atoms with Crippen molar-refractivity contribution in [1.29, 1.82) is 0 Å². The van der Waals surface area contributed by atoms with Crippen molar-refractivity contribution in [3.63, 3.8) is 0 Å². The first-order valence-electron chi connectivity index (χ1n) is 7.83. The number of benzene rings is 2. The van der Waals surface area contributed by atoms with E-state index in [1.807, 2.05) is 48.2 Å². The summed E-state index contributed by atoms with van der Waals surface area (Å²) in [6.45, 7) is 3.27. The number of carbonyl (C=O) groups is 1. The minimum absolute atomic E-state index is 0.0417. The van der Waals surface area contributed by atoms with E-state index in [0.29, 0.717) is 0 Å². The molecule has 0 radical (unpaired) electrons. The maximum atomic E-state index is 12.4. The van der Waals surface area contributed by atoms with Gasteiger partial charge in [0.05, 0.1) is 0 Å². The molecule has 1 saturated heterocycles. The molecule has 0 bridgehead atoms. The fourth-order valence-corrected chi connectivity index (χ4v) is 2.87. The number of piperidine rings is 1. The molecule has 1 aliphatic rings. The van der Waals surface area contributed by atoms with Gasteiger partial charge in [-0.25, -0.2) is 0 Å². The first-order chi connectivity index (χ1) is 10.6. The van der Waals surface area contributed by atoms with Crippen molar-refractivity contribution in [2.75, 3.05) is 13.1 Å². The number of hydrogen-bond acceptors (Lipinski definition) is 3. The van der Waals surface area contributed by atoms with E-state index in [-0.39, 0.29) is 11.9 Å². The fraction of sp³-hybridized carbons (Fsp3) is 0.389. The minimum atomic E-state index is -0.476. The van der Waals surface area contributed by atoms with Crippen LogP contribution in [0.5, 0.6) is 5.75 Å². The highest BCUT2D eigenvalue weighted by molar-refractivity contribution is 5.84. The summed E-state index contributed by atoms with van der Waals surface area (Å²) in [7, 11) is 0. The number of likely N-dealkylation sites (tertiary alicyclic amines) is 1. The Hall–Kier alpha value is -2.07. The molecule has 4 nitrogen and oxygen atoms in total. The molecular formula is C18H22N2O2. The summed E-state index contributed by atoms with van der Waals surface area (Å²) < 4.78 is 5.84. The van der Waals surface area contributed by atoms with Gasteiger partial charge in [-0.05, 0) is 42.7 Å². The Morgan fingerprint density at radius 1 is 1.18 bits per heavy atom. The van der Waals surface area contributed by atoms with Crippen LogP contribution in [0.25, 0.3) is 10.8 Å². The van der Waals surface area contributed by atoms with Gasteiger partial charge in [0.25, 0.3) is 5.91 Å². The predicted molar refractivity (Wildman–Crippen MR) is 87.8 cm³/mol. The second-order valence-electron chi connectivity index (χ2n) is 5.93. The first-order valence-corrected chi connectivity index (χ1v) is 7.83. The van der Waals surface area contributed by atoms with Crippen molar-refractivity contribution in [2.24, 2.45) is 5.73 Å². The number of nitrogens with zero attached hydrogens (tertiary/aromatic N) is 1. The SMILES string of the molecule is CC(Oc1ccc2ccccc2c1)C(=O)N1CCC(N)CC1. The number of ether oxygens (including phenoxy) is 1. The lowest BCUT2D eigenvalue weighted by Gasteiger charge is -2.32. The van der Waals surface area contributed by atoms with Gasteiger partial charge in [0.1, 0.15) is 5.75 Å². The maximum Gasteiger partial charge on any atom is 0.263 e. The van der Waals surface area contributed by atoms with Crippen LogP contribution >= 0.6 is 0 Å². The molecule has 1 atom stereocenters. The van der Waals surface area contributed by atoms with Gasteiger partial charge in [-0.3, -0.25) is 4.79 Å². The van der Waals surface area contributed by atoms with Crippen LogP contribution in [0.3, 0.4) is 0 Å². The lowest BCUT2D eigenvalue weighted by Crippen LogP contribution is -2.47. The normalized spacial score (nSPS) is 17.5. The quantitative estimate of drug-likeness (QED) is 0.947. The van der Waals surface area contributed by atoms with Crippen LogP contribution in [0.1, 0.15) is 19.8 Å². The third kappa shape index (κ3) is 3.22. The molecule has 0 aromatic heterocycles. The highest BCUT2D eigenvalue weighted by Gasteiger charge is 2.25. The van der Waals surface area contributed by atoms with Crippen LogP contribution in [0.4, 0.5) is 0 Å². The largest absolute Gasteiger partial charge is 0.481 e. The molecule has 2 aromatic carbocycles. The Bertz CT molecular complexity index is 663. The number of hydrogen-bond donors (Lipinski definition) is 1. The van der Waals surface area contributed by atoms with E-state index in [2.05, 4.69) is 6.07 Å². The molecule has 0 saturated carbocycles. The van der Waals surface area contributed by atoms with Crippen molar-refractivity contribution in [3.05, 3.63) is 42.5 Å². The topological polar surface area (TPSA) is 55.6 Å².